The lowest BCUT2D eigenvalue weighted by atomic mass is 10.2. The first-order chi connectivity index (χ1) is 9.36. The molecular formula is C14H19N3O2. The molecule has 1 aliphatic carbocycles. The van der Waals surface area contributed by atoms with E-state index >= 15 is 0 Å². The molecule has 0 saturated heterocycles. The summed E-state index contributed by atoms with van der Waals surface area (Å²) in [6, 6.07) is 4.31. The maximum absolute atomic E-state index is 5.66. The SMILES string of the molecule is CCN(Cc1nnc(-c2ccco2)o1)C1CCCC1. The average Bonchev–Trinajstić information content (AvgIpc) is 3.15. The van der Waals surface area contributed by atoms with Crippen LogP contribution in [0.2, 0.25) is 0 Å². The fourth-order valence-corrected chi connectivity index (χ4v) is 2.76. The minimum Gasteiger partial charge on any atom is -0.459 e. The van der Waals surface area contributed by atoms with E-state index < -0.39 is 0 Å². The average molecular weight is 261 g/mol. The Morgan fingerprint density at radius 2 is 2.16 bits per heavy atom. The van der Waals surface area contributed by atoms with Gasteiger partial charge in [0.05, 0.1) is 12.8 Å². The van der Waals surface area contributed by atoms with Crippen molar-refractivity contribution in [3.05, 3.63) is 24.3 Å². The second-order valence-corrected chi connectivity index (χ2v) is 4.98. The van der Waals surface area contributed by atoms with Gasteiger partial charge in [0.25, 0.3) is 5.89 Å². The van der Waals surface area contributed by atoms with E-state index in [2.05, 4.69) is 22.0 Å². The van der Waals surface area contributed by atoms with Crippen LogP contribution in [0.25, 0.3) is 11.7 Å². The van der Waals surface area contributed by atoms with Crippen molar-refractivity contribution in [1.82, 2.24) is 15.1 Å². The first kappa shape index (κ1) is 12.4. The standard InChI is InChI=1S/C14H19N3O2/c1-2-17(11-6-3-4-7-11)10-13-15-16-14(19-13)12-8-5-9-18-12/h5,8-9,11H,2-4,6-7,10H2,1H3. The number of hydrogen-bond donors (Lipinski definition) is 0. The zero-order chi connectivity index (χ0) is 13.1. The monoisotopic (exact) mass is 261 g/mol. The van der Waals surface area contributed by atoms with Gasteiger partial charge in [0.15, 0.2) is 5.76 Å². The quantitative estimate of drug-likeness (QED) is 0.827. The van der Waals surface area contributed by atoms with Gasteiger partial charge in [-0.3, -0.25) is 4.90 Å². The van der Waals surface area contributed by atoms with Crippen LogP contribution >= 0.6 is 0 Å². The third kappa shape index (κ3) is 2.71. The van der Waals surface area contributed by atoms with Crippen molar-refractivity contribution >= 4 is 0 Å². The third-order valence-electron chi connectivity index (χ3n) is 3.78. The molecule has 0 amide bonds. The van der Waals surface area contributed by atoms with Gasteiger partial charge in [0, 0.05) is 6.04 Å². The highest BCUT2D eigenvalue weighted by atomic mass is 16.4. The van der Waals surface area contributed by atoms with Gasteiger partial charge in [-0.2, -0.15) is 0 Å². The number of aromatic nitrogens is 2. The molecule has 102 valence electrons. The van der Waals surface area contributed by atoms with Crippen LogP contribution in [-0.4, -0.2) is 27.7 Å². The molecule has 0 radical (unpaired) electrons. The van der Waals surface area contributed by atoms with E-state index in [0.29, 0.717) is 23.6 Å². The second kappa shape index (κ2) is 5.57. The normalized spacial score (nSPS) is 16.5. The molecule has 2 aromatic rings. The molecule has 2 aromatic heterocycles. The summed E-state index contributed by atoms with van der Waals surface area (Å²) < 4.78 is 10.9. The van der Waals surface area contributed by atoms with E-state index in [1.807, 2.05) is 12.1 Å². The second-order valence-electron chi connectivity index (χ2n) is 4.98. The summed E-state index contributed by atoms with van der Waals surface area (Å²) in [7, 11) is 0. The number of nitrogens with zero attached hydrogens (tertiary/aromatic N) is 3. The summed E-state index contributed by atoms with van der Waals surface area (Å²) in [5.41, 5.74) is 0. The van der Waals surface area contributed by atoms with Gasteiger partial charge in [-0.1, -0.05) is 19.8 Å². The maximum atomic E-state index is 5.66. The predicted molar refractivity (Wildman–Crippen MR) is 70.3 cm³/mol. The molecule has 1 saturated carbocycles. The van der Waals surface area contributed by atoms with Crippen LogP contribution in [-0.2, 0) is 6.54 Å². The van der Waals surface area contributed by atoms with Crippen LogP contribution in [0.1, 0.15) is 38.5 Å². The third-order valence-corrected chi connectivity index (χ3v) is 3.78. The van der Waals surface area contributed by atoms with E-state index in [1.165, 1.54) is 25.7 Å². The fourth-order valence-electron chi connectivity index (χ4n) is 2.76. The molecule has 0 spiro atoms. The van der Waals surface area contributed by atoms with E-state index in [-0.39, 0.29) is 0 Å². The lowest BCUT2D eigenvalue weighted by Gasteiger charge is -2.25. The van der Waals surface area contributed by atoms with Gasteiger partial charge in [0.1, 0.15) is 0 Å². The van der Waals surface area contributed by atoms with Crippen LogP contribution in [0.15, 0.2) is 27.2 Å². The topological polar surface area (TPSA) is 55.3 Å². The van der Waals surface area contributed by atoms with Gasteiger partial charge >= 0.3 is 0 Å². The van der Waals surface area contributed by atoms with Crippen molar-refractivity contribution in [2.45, 2.75) is 45.2 Å². The van der Waals surface area contributed by atoms with Crippen molar-refractivity contribution in [3.63, 3.8) is 0 Å². The number of hydrogen-bond acceptors (Lipinski definition) is 5. The van der Waals surface area contributed by atoms with Gasteiger partial charge in [0.2, 0.25) is 5.89 Å². The number of rotatable bonds is 5. The summed E-state index contributed by atoms with van der Waals surface area (Å²) in [5.74, 6) is 1.75. The van der Waals surface area contributed by atoms with Crippen LogP contribution in [0, 0.1) is 0 Å². The summed E-state index contributed by atoms with van der Waals surface area (Å²) in [6.07, 6.45) is 6.85. The van der Waals surface area contributed by atoms with Gasteiger partial charge in [-0.15, -0.1) is 10.2 Å². The van der Waals surface area contributed by atoms with E-state index in [9.17, 15) is 0 Å². The van der Waals surface area contributed by atoms with Crippen LogP contribution < -0.4 is 0 Å². The highest BCUT2D eigenvalue weighted by Crippen LogP contribution is 2.25. The van der Waals surface area contributed by atoms with E-state index in [0.717, 1.165) is 13.1 Å². The minimum absolute atomic E-state index is 0.461. The first-order valence-electron chi connectivity index (χ1n) is 6.97. The first-order valence-corrected chi connectivity index (χ1v) is 6.97. The molecule has 19 heavy (non-hydrogen) atoms. The maximum Gasteiger partial charge on any atom is 0.283 e. The Labute approximate surface area is 112 Å². The lowest BCUT2D eigenvalue weighted by molar-refractivity contribution is 0.182. The molecule has 3 rings (SSSR count). The molecular weight excluding hydrogens is 242 g/mol. The van der Waals surface area contributed by atoms with Crippen molar-refractivity contribution in [2.24, 2.45) is 0 Å². The van der Waals surface area contributed by atoms with Crippen LogP contribution in [0.4, 0.5) is 0 Å². The molecule has 5 heteroatoms. The lowest BCUT2D eigenvalue weighted by Crippen LogP contribution is -2.32. The Morgan fingerprint density at radius 1 is 1.32 bits per heavy atom. The molecule has 0 aliphatic heterocycles. The van der Waals surface area contributed by atoms with E-state index in [1.54, 1.807) is 6.26 Å². The van der Waals surface area contributed by atoms with Crippen molar-refractivity contribution in [1.29, 1.82) is 0 Å². The zero-order valence-electron chi connectivity index (χ0n) is 11.2. The van der Waals surface area contributed by atoms with Crippen LogP contribution in [0.5, 0.6) is 0 Å². The van der Waals surface area contributed by atoms with Crippen molar-refractivity contribution < 1.29 is 8.83 Å². The Morgan fingerprint density at radius 3 is 2.84 bits per heavy atom. The Bertz CT molecular complexity index is 501. The molecule has 2 heterocycles. The van der Waals surface area contributed by atoms with Gasteiger partial charge in [-0.05, 0) is 31.5 Å². The van der Waals surface area contributed by atoms with Gasteiger partial charge < -0.3 is 8.83 Å². The van der Waals surface area contributed by atoms with Crippen molar-refractivity contribution in [2.75, 3.05) is 6.54 Å². The molecule has 5 nitrogen and oxygen atoms in total. The summed E-state index contributed by atoms with van der Waals surface area (Å²) >= 11 is 0. The molecule has 0 unspecified atom stereocenters. The molecule has 0 aromatic carbocycles. The summed E-state index contributed by atoms with van der Waals surface area (Å²) in [4.78, 5) is 2.42. The summed E-state index contributed by atoms with van der Waals surface area (Å²) in [6.45, 7) is 3.93. The highest BCUT2D eigenvalue weighted by Gasteiger charge is 2.23. The largest absolute Gasteiger partial charge is 0.459 e. The summed E-state index contributed by atoms with van der Waals surface area (Å²) in [5, 5.41) is 8.15. The molecule has 1 fully saturated rings. The fraction of sp³-hybridized carbons (Fsp3) is 0.571. The highest BCUT2D eigenvalue weighted by molar-refractivity contribution is 5.42. The Hall–Kier alpha value is -1.62. The molecule has 0 N–H and O–H groups in total. The Balaban J connectivity index is 1.68. The Kier molecular flexibility index (Phi) is 3.64. The van der Waals surface area contributed by atoms with Crippen molar-refractivity contribution in [3.8, 4) is 11.7 Å². The van der Waals surface area contributed by atoms with E-state index in [4.69, 9.17) is 8.83 Å². The van der Waals surface area contributed by atoms with Crippen LogP contribution in [0.3, 0.4) is 0 Å². The molecule has 0 bridgehead atoms. The smallest absolute Gasteiger partial charge is 0.283 e. The zero-order valence-corrected chi connectivity index (χ0v) is 11.2. The molecule has 0 atom stereocenters. The predicted octanol–water partition coefficient (Wildman–Crippen LogP) is 3.09. The number of furan rings is 1. The van der Waals surface area contributed by atoms with Gasteiger partial charge in [-0.25, -0.2) is 0 Å². The molecule has 1 aliphatic rings. The minimum atomic E-state index is 0.461.